The van der Waals surface area contributed by atoms with Gasteiger partial charge in [0.15, 0.2) is 0 Å². The number of para-hydroxylation sites is 1. The van der Waals surface area contributed by atoms with E-state index in [1.165, 1.54) is 4.68 Å². The van der Waals surface area contributed by atoms with Crippen LogP contribution in [0.2, 0.25) is 0 Å². The van der Waals surface area contributed by atoms with Crippen molar-refractivity contribution in [2.75, 3.05) is 26.8 Å². The molecule has 0 aliphatic carbocycles. The highest BCUT2D eigenvalue weighted by molar-refractivity contribution is 6.00. The van der Waals surface area contributed by atoms with E-state index in [-0.39, 0.29) is 11.5 Å². The number of ether oxygens (including phenoxy) is 1. The number of rotatable bonds is 5. The number of nitrogens with zero attached hydrogens (tertiary/aromatic N) is 4. The first kappa shape index (κ1) is 19.4. The van der Waals surface area contributed by atoms with Gasteiger partial charge in [-0.05, 0) is 30.9 Å². The van der Waals surface area contributed by atoms with E-state index in [4.69, 9.17) is 4.74 Å². The zero-order valence-electron chi connectivity index (χ0n) is 16.9. The number of pyridine rings is 1. The number of benzene rings is 1. The first-order valence-electron chi connectivity index (χ1n) is 10.0. The highest BCUT2D eigenvalue weighted by Crippen LogP contribution is 2.25. The van der Waals surface area contributed by atoms with Crippen molar-refractivity contribution in [2.24, 2.45) is 5.92 Å². The van der Waals surface area contributed by atoms with Gasteiger partial charge in [0.2, 0.25) is 0 Å². The average Bonchev–Trinajstić information content (AvgIpc) is 3.08. The van der Waals surface area contributed by atoms with E-state index < -0.39 is 0 Å². The fourth-order valence-corrected chi connectivity index (χ4v) is 3.93. The molecule has 152 valence electrons. The minimum absolute atomic E-state index is 0.0639. The summed E-state index contributed by atoms with van der Waals surface area (Å²) < 4.78 is 8.41. The molecule has 0 aromatic heterocycles. The predicted octanol–water partition coefficient (Wildman–Crippen LogP) is 2.66. The maximum absolute atomic E-state index is 13.4. The number of aromatic nitrogens is 3. The Kier molecular flexibility index (Phi) is 5.49. The van der Waals surface area contributed by atoms with Crippen LogP contribution in [0.25, 0.3) is 16.9 Å². The summed E-state index contributed by atoms with van der Waals surface area (Å²) in [6, 6.07) is 9.28. The van der Waals surface area contributed by atoms with E-state index in [0.29, 0.717) is 41.6 Å². The lowest BCUT2D eigenvalue weighted by Gasteiger charge is -2.31. The molecule has 1 unspecified atom stereocenters. The first-order chi connectivity index (χ1) is 14.1. The van der Waals surface area contributed by atoms with Crippen LogP contribution in [0, 0.1) is 5.92 Å². The third-order valence-electron chi connectivity index (χ3n) is 5.45. The molecule has 7 heteroatoms. The lowest BCUT2D eigenvalue weighted by Crippen LogP contribution is -2.39. The van der Waals surface area contributed by atoms with Gasteiger partial charge in [-0.25, -0.2) is 0 Å². The summed E-state index contributed by atoms with van der Waals surface area (Å²) in [5, 5.41) is 4.55. The van der Waals surface area contributed by atoms with Crippen LogP contribution in [0.1, 0.15) is 30.1 Å². The van der Waals surface area contributed by atoms with Crippen molar-refractivity contribution in [3.63, 3.8) is 0 Å². The summed E-state index contributed by atoms with van der Waals surface area (Å²) >= 11 is 0. The maximum Gasteiger partial charge on any atom is 0.282 e. The largest absolute Gasteiger partial charge is 0.383 e. The third kappa shape index (κ3) is 3.82. The van der Waals surface area contributed by atoms with Gasteiger partial charge in [0.1, 0.15) is 5.69 Å². The van der Waals surface area contributed by atoms with Gasteiger partial charge in [0.25, 0.3) is 11.5 Å². The van der Waals surface area contributed by atoms with Gasteiger partial charge in [-0.3, -0.25) is 9.59 Å². The fraction of sp³-hybridized carbons (Fsp3) is 0.409. The molecule has 3 aliphatic heterocycles. The Balaban J connectivity index is 1.83. The number of hydrogen-bond acceptors (Lipinski definition) is 4. The van der Waals surface area contributed by atoms with E-state index in [9.17, 15) is 9.59 Å². The maximum atomic E-state index is 13.4. The van der Waals surface area contributed by atoms with E-state index in [1.54, 1.807) is 19.5 Å². The number of likely N-dealkylation sites (tertiary alicyclic amines) is 1. The Hall–Kier alpha value is -2.93. The van der Waals surface area contributed by atoms with Gasteiger partial charge in [-0.2, -0.15) is 9.78 Å². The molecule has 0 N–H and O–H groups in total. The van der Waals surface area contributed by atoms with Gasteiger partial charge in [0, 0.05) is 39.1 Å². The third-order valence-corrected chi connectivity index (χ3v) is 5.45. The molecule has 1 fully saturated rings. The van der Waals surface area contributed by atoms with Gasteiger partial charge in [-0.1, -0.05) is 25.1 Å². The van der Waals surface area contributed by atoms with Crippen molar-refractivity contribution in [1.82, 2.24) is 19.2 Å². The highest BCUT2D eigenvalue weighted by Gasteiger charge is 2.29. The van der Waals surface area contributed by atoms with Crippen LogP contribution < -0.4 is 5.56 Å². The molecule has 3 aliphatic rings. The number of fused-ring (bicyclic) bond motifs is 1. The standard InChI is InChI=1S/C22H26N4O3/c1-16-7-6-10-25(13-16)21(27)18-14-24(11-12-29-2)15-19-20(18)23-26(22(19)28)17-8-4-3-5-9-17/h3-5,8-9,14-16H,6-7,10-13H2,1-2H3. The van der Waals surface area contributed by atoms with Crippen molar-refractivity contribution in [1.29, 1.82) is 0 Å². The summed E-state index contributed by atoms with van der Waals surface area (Å²) in [5.41, 5.74) is 1.83. The SMILES string of the molecule is COCCn1cc(C(=O)N2CCCC(C)C2)c2nn(-c3ccccc3)c(=O)c-2c1. The second-order valence-electron chi connectivity index (χ2n) is 7.72. The second-order valence-corrected chi connectivity index (χ2v) is 7.72. The molecule has 3 heterocycles. The van der Waals surface area contributed by atoms with E-state index >= 15 is 0 Å². The van der Waals surface area contributed by atoms with Crippen molar-refractivity contribution in [3.05, 3.63) is 58.6 Å². The van der Waals surface area contributed by atoms with E-state index in [2.05, 4.69) is 12.0 Å². The highest BCUT2D eigenvalue weighted by atomic mass is 16.5. The summed E-state index contributed by atoms with van der Waals surface area (Å²) in [5.74, 6) is 0.412. The Bertz CT molecular complexity index is 1020. The summed E-state index contributed by atoms with van der Waals surface area (Å²) in [4.78, 5) is 28.3. The Morgan fingerprint density at radius 2 is 2.03 bits per heavy atom. The van der Waals surface area contributed by atoms with Crippen LogP contribution in [0.15, 0.2) is 47.5 Å². The van der Waals surface area contributed by atoms with Crippen LogP contribution in [-0.4, -0.2) is 52.0 Å². The summed E-state index contributed by atoms with van der Waals surface area (Å²) in [6.45, 7) is 4.68. The zero-order valence-corrected chi connectivity index (χ0v) is 16.9. The molecular weight excluding hydrogens is 368 g/mol. The van der Waals surface area contributed by atoms with Crippen LogP contribution in [0.4, 0.5) is 0 Å². The number of amides is 1. The first-order valence-corrected chi connectivity index (χ1v) is 10.0. The van der Waals surface area contributed by atoms with Crippen molar-refractivity contribution >= 4 is 5.91 Å². The number of piperidine rings is 1. The minimum Gasteiger partial charge on any atom is -0.383 e. The predicted molar refractivity (Wildman–Crippen MR) is 111 cm³/mol. The molecule has 1 saturated heterocycles. The lowest BCUT2D eigenvalue weighted by molar-refractivity contribution is 0.0682. The van der Waals surface area contributed by atoms with Gasteiger partial charge >= 0.3 is 0 Å². The van der Waals surface area contributed by atoms with Gasteiger partial charge in [-0.15, -0.1) is 0 Å². The summed E-state index contributed by atoms with van der Waals surface area (Å²) in [7, 11) is 1.63. The molecular formula is C22H26N4O3. The Labute approximate surface area is 169 Å². The number of carbonyl (C=O) groups excluding carboxylic acids is 1. The Morgan fingerprint density at radius 3 is 2.76 bits per heavy atom. The normalized spacial score (nSPS) is 17.0. The number of hydrogen-bond donors (Lipinski definition) is 0. The van der Waals surface area contributed by atoms with E-state index in [1.807, 2.05) is 39.8 Å². The molecule has 0 radical (unpaired) electrons. The van der Waals surface area contributed by atoms with Crippen LogP contribution in [0.3, 0.4) is 0 Å². The Morgan fingerprint density at radius 1 is 1.24 bits per heavy atom. The topological polar surface area (TPSA) is 69.4 Å². The molecule has 0 bridgehead atoms. The van der Waals surface area contributed by atoms with Gasteiger partial charge in [0.05, 0.1) is 23.4 Å². The molecule has 1 aromatic rings. The summed E-state index contributed by atoms with van der Waals surface area (Å²) in [6.07, 6.45) is 5.69. The van der Waals surface area contributed by atoms with Crippen molar-refractivity contribution in [3.8, 4) is 16.9 Å². The number of methoxy groups -OCH3 is 1. The molecule has 0 spiro atoms. The van der Waals surface area contributed by atoms with Crippen LogP contribution >= 0.6 is 0 Å². The smallest absolute Gasteiger partial charge is 0.282 e. The van der Waals surface area contributed by atoms with Crippen molar-refractivity contribution in [2.45, 2.75) is 26.3 Å². The van der Waals surface area contributed by atoms with Crippen LogP contribution in [0.5, 0.6) is 0 Å². The van der Waals surface area contributed by atoms with Crippen LogP contribution in [-0.2, 0) is 11.3 Å². The monoisotopic (exact) mass is 394 g/mol. The van der Waals surface area contributed by atoms with E-state index in [0.717, 1.165) is 25.9 Å². The fourth-order valence-electron chi connectivity index (χ4n) is 3.93. The molecule has 0 saturated carbocycles. The minimum atomic E-state index is -0.223. The molecule has 1 aromatic carbocycles. The molecule has 29 heavy (non-hydrogen) atoms. The lowest BCUT2D eigenvalue weighted by atomic mass is 9.99. The second kappa shape index (κ2) is 8.21. The zero-order chi connectivity index (χ0) is 20.4. The number of carbonyl (C=O) groups is 1. The quantitative estimate of drug-likeness (QED) is 0.667. The van der Waals surface area contributed by atoms with Gasteiger partial charge < -0.3 is 14.2 Å². The molecule has 7 nitrogen and oxygen atoms in total. The molecule has 1 amide bonds. The average molecular weight is 394 g/mol. The molecule has 4 rings (SSSR count). The van der Waals surface area contributed by atoms with Crippen molar-refractivity contribution < 1.29 is 9.53 Å². The molecule has 1 atom stereocenters.